The Bertz CT molecular complexity index is 1690. The van der Waals surface area contributed by atoms with Crippen molar-refractivity contribution >= 4 is 69.1 Å². The molecule has 0 unspecified atom stereocenters. The number of imide groups is 1. The Kier molecular flexibility index (Phi) is 7.77. The van der Waals surface area contributed by atoms with E-state index in [0.717, 1.165) is 38.7 Å². The summed E-state index contributed by atoms with van der Waals surface area (Å²) < 4.78 is 6.80. The van der Waals surface area contributed by atoms with Crippen LogP contribution in [0.2, 0.25) is 5.02 Å². The number of amides is 3. The molecule has 4 aromatic rings. The average Bonchev–Trinajstić information content (AvgIpc) is 3.42. The number of aryl methyl sites for hydroxylation is 1. The van der Waals surface area contributed by atoms with E-state index in [0.29, 0.717) is 6.54 Å². The van der Waals surface area contributed by atoms with Crippen molar-refractivity contribution in [2.75, 3.05) is 19.0 Å². The first kappa shape index (κ1) is 27.2. The van der Waals surface area contributed by atoms with Crippen LogP contribution < -0.4 is 5.32 Å². The fraction of sp³-hybridized carbons (Fsp3) is 0.133. The zero-order chi connectivity index (χ0) is 28.4. The largest absolute Gasteiger partial charge is 0.465 e. The van der Waals surface area contributed by atoms with E-state index in [9.17, 15) is 19.2 Å². The molecule has 202 valence electrons. The van der Waals surface area contributed by atoms with Gasteiger partial charge >= 0.3 is 5.97 Å². The third-order valence-electron chi connectivity index (χ3n) is 6.41. The van der Waals surface area contributed by atoms with E-state index in [-0.39, 0.29) is 21.2 Å². The van der Waals surface area contributed by atoms with Gasteiger partial charge in [0.15, 0.2) is 0 Å². The molecule has 3 aromatic carbocycles. The zero-order valence-corrected chi connectivity index (χ0v) is 23.2. The second kappa shape index (κ2) is 11.4. The van der Waals surface area contributed by atoms with Gasteiger partial charge in [0.05, 0.1) is 22.6 Å². The van der Waals surface area contributed by atoms with Gasteiger partial charge in [-0.1, -0.05) is 59.6 Å². The second-order valence-corrected chi connectivity index (χ2v) is 10.6. The Morgan fingerprint density at radius 3 is 2.55 bits per heavy atom. The predicted molar refractivity (Wildman–Crippen MR) is 156 cm³/mol. The first-order valence-electron chi connectivity index (χ1n) is 12.3. The van der Waals surface area contributed by atoms with Crippen molar-refractivity contribution in [2.45, 2.75) is 13.5 Å². The van der Waals surface area contributed by atoms with Gasteiger partial charge < -0.3 is 14.6 Å². The number of hydrogen-bond donors (Lipinski definition) is 1. The van der Waals surface area contributed by atoms with Crippen LogP contribution in [0, 0.1) is 6.92 Å². The number of hydrogen-bond acceptors (Lipinski definition) is 6. The second-order valence-electron chi connectivity index (χ2n) is 9.22. The normalized spacial score (nSPS) is 14.3. The van der Waals surface area contributed by atoms with Crippen LogP contribution in [0.4, 0.5) is 10.5 Å². The standard InChI is InChI=1S/C30H24ClN3O5S/c1-18-7-9-19(10-8-18)15-33-16-20(22-5-3-4-6-25(22)33)13-26-28(36)34(30(38)40-26)17-27(35)32-21-11-12-24(31)23(14-21)29(37)39-2/h3-14,16H,15,17H2,1-2H3,(H,32,35)/b26-13-. The van der Waals surface area contributed by atoms with Crippen molar-refractivity contribution in [1.29, 1.82) is 0 Å². The SMILES string of the molecule is COC(=O)c1cc(NC(=O)CN2C(=O)S/C(=C\c3cn(Cc4ccc(C)cc4)c4ccccc34)C2=O)ccc1Cl. The first-order chi connectivity index (χ1) is 19.2. The number of para-hydroxylation sites is 1. The third kappa shape index (κ3) is 5.66. The third-order valence-corrected chi connectivity index (χ3v) is 7.65. The molecule has 0 saturated carbocycles. The summed E-state index contributed by atoms with van der Waals surface area (Å²) in [5.41, 5.74) is 4.49. The Morgan fingerprint density at radius 1 is 1.05 bits per heavy atom. The van der Waals surface area contributed by atoms with Crippen LogP contribution in [0.15, 0.2) is 77.8 Å². The van der Waals surface area contributed by atoms with Gasteiger partial charge in [0.25, 0.3) is 11.1 Å². The number of ether oxygens (including phenoxy) is 1. The van der Waals surface area contributed by atoms with Gasteiger partial charge in [-0.05, 0) is 54.6 Å². The number of aromatic nitrogens is 1. The minimum absolute atomic E-state index is 0.0811. The van der Waals surface area contributed by atoms with Crippen molar-refractivity contribution in [1.82, 2.24) is 9.47 Å². The van der Waals surface area contributed by atoms with Gasteiger partial charge in [-0.2, -0.15) is 0 Å². The fourth-order valence-electron chi connectivity index (χ4n) is 4.40. The summed E-state index contributed by atoms with van der Waals surface area (Å²) in [5, 5.41) is 3.17. The summed E-state index contributed by atoms with van der Waals surface area (Å²) >= 11 is 6.82. The van der Waals surface area contributed by atoms with E-state index in [4.69, 9.17) is 16.3 Å². The summed E-state index contributed by atoms with van der Waals surface area (Å²) in [5.74, 6) is -1.80. The van der Waals surface area contributed by atoms with Crippen molar-refractivity contribution in [3.05, 3.63) is 105 Å². The Hall–Kier alpha value is -4.34. The van der Waals surface area contributed by atoms with Gasteiger partial charge in [-0.3, -0.25) is 19.3 Å². The monoisotopic (exact) mass is 573 g/mol. The molecule has 1 fully saturated rings. The molecule has 1 aliphatic heterocycles. The Labute approximate surface area is 239 Å². The van der Waals surface area contributed by atoms with Crippen molar-refractivity contribution < 1.29 is 23.9 Å². The molecule has 40 heavy (non-hydrogen) atoms. The number of anilines is 1. The molecule has 0 spiro atoms. The minimum atomic E-state index is -0.655. The van der Waals surface area contributed by atoms with E-state index in [1.54, 1.807) is 6.08 Å². The van der Waals surface area contributed by atoms with Crippen LogP contribution in [-0.2, 0) is 20.9 Å². The topological polar surface area (TPSA) is 97.7 Å². The molecule has 5 rings (SSSR count). The molecule has 0 atom stereocenters. The number of carbonyl (C=O) groups is 4. The summed E-state index contributed by atoms with van der Waals surface area (Å²) in [6.07, 6.45) is 3.66. The molecule has 3 amide bonds. The van der Waals surface area contributed by atoms with E-state index in [1.165, 1.54) is 30.9 Å². The lowest BCUT2D eigenvalue weighted by Crippen LogP contribution is -2.36. The van der Waals surface area contributed by atoms with Crippen molar-refractivity contribution in [3.8, 4) is 0 Å². The van der Waals surface area contributed by atoms with E-state index < -0.39 is 29.6 Å². The highest BCUT2D eigenvalue weighted by atomic mass is 35.5. The predicted octanol–water partition coefficient (Wildman–Crippen LogP) is 6.11. The highest BCUT2D eigenvalue weighted by Gasteiger charge is 2.36. The molecule has 1 aromatic heterocycles. The summed E-state index contributed by atoms with van der Waals surface area (Å²) in [6.45, 7) is 2.22. The van der Waals surface area contributed by atoms with Crippen LogP contribution in [0.1, 0.15) is 27.0 Å². The molecule has 1 N–H and O–H groups in total. The molecule has 0 bridgehead atoms. The molecule has 1 saturated heterocycles. The number of nitrogens with zero attached hydrogens (tertiary/aromatic N) is 2. The number of rotatable bonds is 7. The number of methoxy groups -OCH3 is 1. The Morgan fingerprint density at radius 2 is 1.80 bits per heavy atom. The number of benzene rings is 3. The van der Waals surface area contributed by atoms with Crippen LogP contribution >= 0.6 is 23.4 Å². The van der Waals surface area contributed by atoms with Crippen LogP contribution in [-0.4, -0.2) is 46.1 Å². The molecule has 0 aliphatic carbocycles. The average molecular weight is 574 g/mol. The summed E-state index contributed by atoms with van der Waals surface area (Å²) in [4.78, 5) is 51.6. The number of thioether (sulfide) groups is 1. The van der Waals surface area contributed by atoms with Crippen LogP contribution in [0.5, 0.6) is 0 Å². The quantitative estimate of drug-likeness (QED) is 0.211. The minimum Gasteiger partial charge on any atom is -0.465 e. The summed E-state index contributed by atoms with van der Waals surface area (Å²) in [7, 11) is 1.22. The molecule has 10 heteroatoms. The number of esters is 1. The number of carbonyl (C=O) groups excluding carboxylic acids is 4. The molecular formula is C30H24ClN3O5S. The van der Waals surface area contributed by atoms with Crippen LogP contribution in [0.3, 0.4) is 0 Å². The highest BCUT2D eigenvalue weighted by Crippen LogP contribution is 2.34. The molecule has 8 nitrogen and oxygen atoms in total. The lowest BCUT2D eigenvalue weighted by Gasteiger charge is -2.13. The first-order valence-corrected chi connectivity index (χ1v) is 13.5. The van der Waals surface area contributed by atoms with Crippen molar-refractivity contribution in [3.63, 3.8) is 0 Å². The fourth-order valence-corrected chi connectivity index (χ4v) is 5.43. The van der Waals surface area contributed by atoms with E-state index >= 15 is 0 Å². The lowest BCUT2D eigenvalue weighted by atomic mass is 10.1. The molecule has 2 heterocycles. The van der Waals surface area contributed by atoms with Gasteiger partial charge in [0, 0.05) is 34.9 Å². The maximum absolute atomic E-state index is 13.2. The summed E-state index contributed by atoms with van der Waals surface area (Å²) in [6, 6.07) is 20.5. The van der Waals surface area contributed by atoms with Gasteiger partial charge in [0.1, 0.15) is 6.54 Å². The number of halogens is 1. The van der Waals surface area contributed by atoms with Crippen LogP contribution in [0.25, 0.3) is 17.0 Å². The van der Waals surface area contributed by atoms with Gasteiger partial charge in [0.2, 0.25) is 5.91 Å². The zero-order valence-electron chi connectivity index (χ0n) is 21.6. The van der Waals surface area contributed by atoms with Gasteiger partial charge in [-0.15, -0.1) is 0 Å². The maximum Gasteiger partial charge on any atom is 0.339 e. The smallest absolute Gasteiger partial charge is 0.339 e. The molecular weight excluding hydrogens is 550 g/mol. The lowest BCUT2D eigenvalue weighted by molar-refractivity contribution is -0.127. The van der Waals surface area contributed by atoms with Gasteiger partial charge in [-0.25, -0.2) is 4.79 Å². The highest BCUT2D eigenvalue weighted by molar-refractivity contribution is 8.18. The molecule has 1 aliphatic rings. The Balaban J connectivity index is 1.34. The van der Waals surface area contributed by atoms with E-state index in [1.807, 2.05) is 37.4 Å². The molecule has 0 radical (unpaired) electrons. The number of nitrogens with one attached hydrogen (secondary N) is 1. The number of fused-ring (bicyclic) bond motifs is 1. The van der Waals surface area contributed by atoms with Crippen molar-refractivity contribution in [2.24, 2.45) is 0 Å². The van der Waals surface area contributed by atoms with E-state index in [2.05, 4.69) is 34.1 Å². The maximum atomic E-state index is 13.2.